The lowest BCUT2D eigenvalue weighted by Crippen LogP contribution is -2.52. The van der Waals surface area contributed by atoms with Gasteiger partial charge in [-0.1, -0.05) is 0 Å². The highest BCUT2D eigenvalue weighted by atomic mass is 16.6. The Balaban J connectivity index is 1.13. The van der Waals surface area contributed by atoms with E-state index in [0.717, 1.165) is 37.9 Å². The summed E-state index contributed by atoms with van der Waals surface area (Å²) in [6.45, 7) is 2.21. The first kappa shape index (κ1) is 20.5. The van der Waals surface area contributed by atoms with Crippen LogP contribution in [-0.4, -0.2) is 36.9 Å². The van der Waals surface area contributed by atoms with E-state index in [0.29, 0.717) is 29.9 Å². The minimum atomic E-state index is -0.726. The summed E-state index contributed by atoms with van der Waals surface area (Å²) >= 11 is 0. The van der Waals surface area contributed by atoms with E-state index in [2.05, 4.69) is 0 Å². The number of carbonyl (C=O) groups is 3. The number of nitrogens with zero attached hydrogens (tertiary/aromatic N) is 1. The highest BCUT2D eigenvalue weighted by Gasteiger charge is 2.55. The molecule has 31 heavy (non-hydrogen) atoms. The average Bonchev–Trinajstić information content (AvgIpc) is 3.17. The van der Waals surface area contributed by atoms with Crippen LogP contribution in [0.1, 0.15) is 58.3 Å². The number of Topliss-reactive ketones (excluding diaryl/α,β-unsaturated/α-hetero) is 1. The van der Waals surface area contributed by atoms with Crippen molar-refractivity contribution in [3.05, 3.63) is 24.3 Å². The molecule has 1 saturated heterocycles. The van der Waals surface area contributed by atoms with E-state index in [9.17, 15) is 14.4 Å². The van der Waals surface area contributed by atoms with Crippen LogP contribution in [0.4, 0.5) is 5.69 Å². The van der Waals surface area contributed by atoms with Gasteiger partial charge in [-0.2, -0.15) is 0 Å². The van der Waals surface area contributed by atoms with Crippen molar-refractivity contribution in [2.24, 2.45) is 23.2 Å². The number of esters is 1. The van der Waals surface area contributed by atoms with Crippen molar-refractivity contribution < 1.29 is 23.9 Å². The summed E-state index contributed by atoms with van der Waals surface area (Å²) in [5, 5.41) is 0. The van der Waals surface area contributed by atoms with Gasteiger partial charge in [0.1, 0.15) is 5.75 Å². The fraction of sp³-hybridized carbons (Fsp3) is 0.640. The van der Waals surface area contributed by atoms with E-state index in [-0.39, 0.29) is 23.7 Å². The van der Waals surface area contributed by atoms with Gasteiger partial charge in [0.15, 0.2) is 18.5 Å². The number of hydrogen-bond acceptors (Lipinski definition) is 5. The van der Waals surface area contributed by atoms with Gasteiger partial charge in [-0.05, 0) is 93.9 Å². The van der Waals surface area contributed by atoms with Crippen LogP contribution >= 0.6 is 0 Å². The molecule has 0 spiro atoms. The molecule has 4 aliphatic carbocycles. The van der Waals surface area contributed by atoms with Crippen molar-refractivity contribution in [3.8, 4) is 5.75 Å². The van der Waals surface area contributed by atoms with Gasteiger partial charge >= 0.3 is 5.97 Å². The third-order valence-electron chi connectivity index (χ3n) is 7.82. The van der Waals surface area contributed by atoms with Crippen LogP contribution in [0.2, 0.25) is 0 Å². The van der Waals surface area contributed by atoms with E-state index in [1.807, 2.05) is 12.1 Å². The molecule has 4 saturated carbocycles. The normalized spacial score (nSPS) is 32.2. The minimum absolute atomic E-state index is 0.111. The molecule has 6 rings (SSSR count). The molecule has 6 nitrogen and oxygen atoms in total. The maximum atomic E-state index is 13.2. The summed E-state index contributed by atoms with van der Waals surface area (Å²) in [6, 6.07) is 7.14. The van der Waals surface area contributed by atoms with E-state index in [4.69, 9.17) is 9.47 Å². The predicted octanol–water partition coefficient (Wildman–Crippen LogP) is 3.91. The second-order valence-corrected chi connectivity index (χ2v) is 10.1. The van der Waals surface area contributed by atoms with Crippen molar-refractivity contribution in [2.45, 2.75) is 64.4 Å². The quantitative estimate of drug-likeness (QED) is 0.620. The van der Waals surface area contributed by atoms with Crippen LogP contribution in [-0.2, 0) is 19.1 Å². The summed E-state index contributed by atoms with van der Waals surface area (Å²) in [7, 11) is 0. The molecule has 1 aromatic rings. The zero-order valence-electron chi connectivity index (χ0n) is 18.2. The van der Waals surface area contributed by atoms with Gasteiger partial charge in [0.05, 0.1) is 0 Å². The van der Waals surface area contributed by atoms with Crippen molar-refractivity contribution in [3.63, 3.8) is 0 Å². The fourth-order valence-corrected chi connectivity index (χ4v) is 6.91. The van der Waals surface area contributed by atoms with Crippen LogP contribution in [0.15, 0.2) is 24.3 Å². The highest BCUT2D eigenvalue weighted by molar-refractivity contribution is 5.95. The van der Waals surface area contributed by atoms with Crippen LogP contribution < -0.4 is 9.64 Å². The maximum absolute atomic E-state index is 13.2. The molecule has 0 aromatic heterocycles. The Labute approximate surface area is 183 Å². The third-order valence-corrected chi connectivity index (χ3v) is 7.82. The molecule has 6 heteroatoms. The molecule has 1 unspecified atom stereocenters. The van der Waals surface area contributed by atoms with Gasteiger partial charge in [-0.15, -0.1) is 0 Å². The number of rotatable bonds is 7. The smallest absolute Gasteiger partial charge is 0.344 e. The van der Waals surface area contributed by atoms with E-state index >= 15 is 0 Å². The number of ketones is 1. The predicted molar refractivity (Wildman–Crippen MR) is 115 cm³/mol. The Bertz CT molecular complexity index is 841. The number of anilines is 1. The summed E-state index contributed by atoms with van der Waals surface area (Å²) < 4.78 is 11.0. The molecule has 1 aromatic carbocycles. The lowest BCUT2D eigenvalue weighted by molar-refractivity contribution is -0.166. The first-order valence-electron chi connectivity index (χ1n) is 11.7. The summed E-state index contributed by atoms with van der Waals surface area (Å²) in [6.07, 6.45) is 7.49. The van der Waals surface area contributed by atoms with E-state index < -0.39 is 12.1 Å². The zero-order chi connectivity index (χ0) is 21.6. The molecule has 5 fully saturated rings. The van der Waals surface area contributed by atoms with Crippen molar-refractivity contribution >= 4 is 23.3 Å². The van der Waals surface area contributed by atoms with Gasteiger partial charge in [0.2, 0.25) is 5.91 Å². The van der Waals surface area contributed by atoms with Gasteiger partial charge in [-0.25, -0.2) is 4.79 Å². The van der Waals surface area contributed by atoms with Crippen LogP contribution in [0.25, 0.3) is 0 Å². The summed E-state index contributed by atoms with van der Waals surface area (Å²) in [5.74, 6) is 2.30. The van der Waals surface area contributed by atoms with Gasteiger partial charge in [0, 0.05) is 24.1 Å². The van der Waals surface area contributed by atoms with Crippen LogP contribution in [0, 0.1) is 23.2 Å². The molecular weight excluding hydrogens is 394 g/mol. The first-order chi connectivity index (χ1) is 14.9. The van der Waals surface area contributed by atoms with Crippen molar-refractivity contribution in [1.29, 1.82) is 0 Å². The monoisotopic (exact) mass is 425 g/mol. The lowest BCUT2D eigenvalue weighted by Gasteiger charge is -2.56. The highest BCUT2D eigenvalue weighted by Crippen LogP contribution is 2.60. The van der Waals surface area contributed by atoms with E-state index in [1.54, 1.807) is 24.0 Å². The van der Waals surface area contributed by atoms with Gasteiger partial charge in [0.25, 0.3) is 0 Å². The number of amides is 1. The van der Waals surface area contributed by atoms with Crippen molar-refractivity contribution in [2.75, 3.05) is 18.1 Å². The molecule has 1 aliphatic heterocycles. The Morgan fingerprint density at radius 2 is 1.68 bits per heavy atom. The molecule has 4 bridgehead atoms. The summed E-state index contributed by atoms with van der Waals surface area (Å²) in [5.41, 5.74) is 0.574. The Kier molecular flexibility index (Phi) is 5.27. The Morgan fingerprint density at radius 3 is 2.23 bits per heavy atom. The molecule has 1 atom stereocenters. The zero-order valence-corrected chi connectivity index (χ0v) is 18.2. The molecule has 1 heterocycles. The average molecular weight is 426 g/mol. The van der Waals surface area contributed by atoms with Gasteiger partial charge < -0.3 is 14.4 Å². The molecular formula is C25H31NO5. The maximum Gasteiger partial charge on any atom is 0.344 e. The SMILES string of the molecule is CC(OC(=O)COc1ccc(N2CCCC2=O)cc1)C(=O)C12CC3CC(CC(C3)C1)C2. The second kappa shape index (κ2) is 7.95. The van der Waals surface area contributed by atoms with E-state index in [1.165, 1.54) is 19.3 Å². The van der Waals surface area contributed by atoms with Gasteiger partial charge in [-0.3, -0.25) is 9.59 Å². The Hall–Kier alpha value is -2.37. The topological polar surface area (TPSA) is 72.9 Å². The molecule has 1 amide bonds. The third kappa shape index (κ3) is 3.97. The first-order valence-corrected chi connectivity index (χ1v) is 11.7. The van der Waals surface area contributed by atoms with Crippen LogP contribution in [0.5, 0.6) is 5.75 Å². The lowest BCUT2D eigenvalue weighted by atomic mass is 9.48. The minimum Gasteiger partial charge on any atom is -0.482 e. The number of hydrogen-bond donors (Lipinski definition) is 0. The largest absolute Gasteiger partial charge is 0.482 e. The molecule has 5 aliphatic rings. The number of ether oxygens (including phenoxy) is 2. The standard InChI is InChI=1S/C25H31NO5/c1-16(24(29)25-12-17-9-18(13-25)11-19(10-17)14-25)31-23(28)15-30-21-6-4-20(5-7-21)26-8-2-3-22(26)27/h4-7,16-19H,2-3,8-15H2,1H3. The van der Waals surface area contributed by atoms with Crippen molar-refractivity contribution in [1.82, 2.24) is 0 Å². The molecule has 0 N–H and O–H groups in total. The second-order valence-electron chi connectivity index (χ2n) is 10.1. The van der Waals surface area contributed by atoms with Crippen LogP contribution in [0.3, 0.4) is 0 Å². The summed E-state index contributed by atoms with van der Waals surface area (Å²) in [4.78, 5) is 39.2. The Morgan fingerprint density at radius 1 is 1.06 bits per heavy atom. The number of benzene rings is 1. The molecule has 0 radical (unpaired) electrons. The number of carbonyl (C=O) groups excluding carboxylic acids is 3. The molecule has 166 valence electrons. The fourth-order valence-electron chi connectivity index (χ4n) is 6.91.